The first kappa shape index (κ1) is 10.8. The molecule has 0 atom stereocenters. The molecule has 0 aliphatic carbocycles. The molecule has 0 amide bonds. The van der Waals surface area contributed by atoms with Crippen molar-refractivity contribution in [3.05, 3.63) is 23.6 Å². The number of benzene rings is 1. The van der Waals surface area contributed by atoms with E-state index in [1.165, 1.54) is 23.5 Å². The zero-order valence-electron chi connectivity index (χ0n) is 8.77. The van der Waals surface area contributed by atoms with Crippen LogP contribution in [0.4, 0.5) is 5.13 Å². The summed E-state index contributed by atoms with van der Waals surface area (Å²) in [7, 11) is 0. The second-order valence-corrected chi connectivity index (χ2v) is 4.13. The van der Waals surface area contributed by atoms with Gasteiger partial charge in [0.15, 0.2) is 5.13 Å². The summed E-state index contributed by atoms with van der Waals surface area (Å²) in [6, 6.07) is 4.48. The molecule has 5 heteroatoms. The Morgan fingerprint density at radius 3 is 2.88 bits per heavy atom. The van der Waals surface area contributed by atoms with E-state index in [4.69, 9.17) is 0 Å². The molecule has 0 saturated carbocycles. The maximum atomic E-state index is 9.67. The Balaban J connectivity index is 2.35. The van der Waals surface area contributed by atoms with Gasteiger partial charge in [-0.2, -0.15) is 0 Å². The van der Waals surface area contributed by atoms with Crippen LogP contribution in [0.2, 0.25) is 0 Å². The van der Waals surface area contributed by atoms with Gasteiger partial charge < -0.3 is 15.5 Å². The lowest BCUT2D eigenvalue weighted by Gasteiger charge is -2.01. The summed E-state index contributed by atoms with van der Waals surface area (Å²) in [5.41, 5.74) is 1.33. The maximum Gasteiger partial charge on any atom is 0.183 e. The van der Waals surface area contributed by atoms with Crippen molar-refractivity contribution in [3.8, 4) is 22.8 Å². The van der Waals surface area contributed by atoms with Crippen molar-refractivity contribution in [2.24, 2.45) is 0 Å². The van der Waals surface area contributed by atoms with Crippen LogP contribution in [0.15, 0.2) is 23.6 Å². The molecule has 0 aliphatic heterocycles. The number of anilines is 1. The molecule has 0 unspecified atom stereocenters. The average Bonchev–Trinajstić information content (AvgIpc) is 2.67. The minimum Gasteiger partial charge on any atom is -0.508 e. The Morgan fingerprint density at radius 1 is 1.38 bits per heavy atom. The van der Waals surface area contributed by atoms with Gasteiger partial charge in [-0.1, -0.05) is 0 Å². The second-order valence-electron chi connectivity index (χ2n) is 3.27. The van der Waals surface area contributed by atoms with Gasteiger partial charge in [0.2, 0.25) is 0 Å². The summed E-state index contributed by atoms with van der Waals surface area (Å²) in [4.78, 5) is 4.33. The monoisotopic (exact) mass is 236 g/mol. The van der Waals surface area contributed by atoms with E-state index in [1.54, 1.807) is 6.07 Å². The molecular weight excluding hydrogens is 224 g/mol. The summed E-state index contributed by atoms with van der Waals surface area (Å²) in [5, 5.41) is 24.6. The van der Waals surface area contributed by atoms with E-state index < -0.39 is 0 Å². The summed E-state index contributed by atoms with van der Waals surface area (Å²) >= 11 is 1.49. The van der Waals surface area contributed by atoms with Crippen LogP contribution in [0.1, 0.15) is 6.92 Å². The molecule has 1 aromatic heterocycles. The molecule has 1 aromatic carbocycles. The molecule has 2 rings (SSSR count). The fraction of sp³-hybridized carbons (Fsp3) is 0.182. The summed E-state index contributed by atoms with van der Waals surface area (Å²) in [6.07, 6.45) is 0. The van der Waals surface area contributed by atoms with Crippen LogP contribution in [-0.2, 0) is 0 Å². The summed E-state index contributed by atoms with van der Waals surface area (Å²) in [5.74, 6) is 0.0803. The van der Waals surface area contributed by atoms with E-state index in [9.17, 15) is 10.2 Å². The predicted molar refractivity (Wildman–Crippen MR) is 65.0 cm³/mol. The number of phenolic OH excluding ortho intramolecular Hbond substituents is 2. The van der Waals surface area contributed by atoms with E-state index in [0.29, 0.717) is 11.3 Å². The van der Waals surface area contributed by atoms with Crippen LogP contribution in [0.5, 0.6) is 11.5 Å². The number of nitrogens with zero attached hydrogens (tertiary/aromatic N) is 1. The first-order valence-corrected chi connectivity index (χ1v) is 5.80. The van der Waals surface area contributed by atoms with Crippen LogP contribution in [0.3, 0.4) is 0 Å². The highest BCUT2D eigenvalue weighted by Gasteiger charge is 2.08. The number of hydrogen-bond donors (Lipinski definition) is 3. The summed E-state index contributed by atoms with van der Waals surface area (Å²) < 4.78 is 0. The van der Waals surface area contributed by atoms with Gasteiger partial charge >= 0.3 is 0 Å². The Kier molecular flexibility index (Phi) is 2.96. The highest BCUT2D eigenvalue weighted by atomic mass is 32.1. The molecule has 0 spiro atoms. The van der Waals surface area contributed by atoms with Crippen molar-refractivity contribution < 1.29 is 10.2 Å². The number of hydrogen-bond acceptors (Lipinski definition) is 5. The smallest absolute Gasteiger partial charge is 0.183 e. The second kappa shape index (κ2) is 4.40. The molecule has 4 nitrogen and oxygen atoms in total. The molecule has 0 saturated heterocycles. The van der Waals surface area contributed by atoms with Crippen LogP contribution in [0.25, 0.3) is 11.3 Å². The van der Waals surface area contributed by atoms with Gasteiger partial charge in [0.25, 0.3) is 0 Å². The van der Waals surface area contributed by atoms with Gasteiger partial charge in [-0.25, -0.2) is 4.98 Å². The third-order valence-electron chi connectivity index (χ3n) is 2.09. The molecule has 0 fully saturated rings. The Bertz CT molecular complexity index is 496. The third kappa shape index (κ3) is 2.09. The van der Waals surface area contributed by atoms with Gasteiger partial charge in [-0.3, -0.25) is 0 Å². The number of rotatable bonds is 3. The molecular formula is C11H12N2O2S. The van der Waals surface area contributed by atoms with E-state index in [0.717, 1.165) is 11.7 Å². The van der Waals surface area contributed by atoms with Crippen molar-refractivity contribution >= 4 is 16.5 Å². The van der Waals surface area contributed by atoms with Crippen LogP contribution < -0.4 is 5.32 Å². The Hall–Kier alpha value is -1.75. The molecule has 16 heavy (non-hydrogen) atoms. The lowest BCUT2D eigenvalue weighted by atomic mass is 10.1. The lowest BCUT2D eigenvalue weighted by Crippen LogP contribution is -1.94. The average molecular weight is 236 g/mol. The molecule has 84 valence electrons. The quantitative estimate of drug-likeness (QED) is 0.766. The number of thiazole rings is 1. The van der Waals surface area contributed by atoms with Crippen LogP contribution >= 0.6 is 11.3 Å². The Labute approximate surface area is 97.2 Å². The molecule has 1 heterocycles. The van der Waals surface area contributed by atoms with Crippen molar-refractivity contribution in [2.45, 2.75) is 6.92 Å². The van der Waals surface area contributed by atoms with Gasteiger partial charge in [0.05, 0.1) is 5.69 Å². The fourth-order valence-corrected chi connectivity index (χ4v) is 2.15. The number of aromatic hydroxyl groups is 2. The minimum atomic E-state index is 0.0355. The standard InChI is InChI=1S/C11H12N2O2S/c1-2-12-11-13-9(6-16-11)8-4-3-7(14)5-10(8)15/h3-6,14-15H,2H2,1H3,(H,12,13). The normalized spacial score (nSPS) is 10.3. The lowest BCUT2D eigenvalue weighted by molar-refractivity contribution is 0.452. The predicted octanol–water partition coefficient (Wildman–Crippen LogP) is 2.65. The van der Waals surface area contributed by atoms with Crippen molar-refractivity contribution in [1.82, 2.24) is 4.98 Å². The molecule has 0 bridgehead atoms. The first-order chi connectivity index (χ1) is 7.70. The van der Waals surface area contributed by atoms with Crippen LogP contribution in [-0.4, -0.2) is 21.7 Å². The zero-order valence-corrected chi connectivity index (χ0v) is 9.58. The number of phenols is 2. The molecule has 0 aliphatic rings. The van der Waals surface area contributed by atoms with Crippen molar-refractivity contribution in [2.75, 3.05) is 11.9 Å². The third-order valence-corrected chi connectivity index (χ3v) is 2.89. The van der Waals surface area contributed by atoms with E-state index in [1.807, 2.05) is 12.3 Å². The summed E-state index contributed by atoms with van der Waals surface area (Å²) in [6.45, 7) is 2.81. The SMILES string of the molecule is CCNc1nc(-c2ccc(O)cc2O)cs1. The van der Waals surface area contributed by atoms with Crippen molar-refractivity contribution in [3.63, 3.8) is 0 Å². The van der Waals surface area contributed by atoms with Gasteiger partial charge in [-0.15, -0.1) is 11.3 Å². The van der Waals surface area contributed by atoms with Gasteiger partial charge in [0, 0.05) is 23.6 Å². The topological polar surface area (TPSA) is 65.4 Å². The van der Waals surface area contributed by atoms with Crippen LogP contribution in [0, 0.1) is 0 Å². The number of nitrogens with one attached hydrogen (secondary N) is 1. The maximum absolute atomic E-state index is 9.67. The van der Waals surface area contributed by atoms with E-state index >= 15 is 0 Å². The minimum absolute atomic E-state index is 0.0355. The van der Waals surface area contributed by atoms with Gasteiger partial charge in [0.1, 0.15) is 11.5 Å². The first-order valence-electron chi connectivity index (χ1n) is 4.92. The molecule has 2 aromatic rings. The van der Waals surface area contributed by atoms with E-state index in [-0.39, 0.29) is 11.5 Å². The Morgan fingerprint density at radius 2 is 2.19 bits per heavy atom. The highest BCUT2D eigenvalue weighted by molar-refractivity contribution is 7.14. The zero-order chi connectivity index (χ0) is 11.5. The molecule has 0 radical (unpaired) electrons. The van der Waals surface area contributed by atoms with Gasteiger partial charge in [-0.05, 0) is 19.1 Å². The fourth-order valence-electron chi connectivity index (χ4n) is 1.37. The van der Waals surface area contributed by atoms with Crippen molar-refractivity contribution in [1.29, 1.82) is 0 Å². The van der Waals surface area contributed by atoms with E-state index in [2.05, 4.69) is 10.3 Å². The highest BCUT2D eigenvalue weighted by Crippen LogP contribution is 2.33. The number of aromatic nitrogens is 1. The molecule has 3 N–H and O–H groups in total. The largest absolute Gasteiger partial charge is 0.508 e.